The topological polar surface area (TPSA) is 91.2 Å². The summed E-state index contributed by atoms with van der Waals surface area (Å²) in [6.07, 6.45) is 3.50. The first-order chi connectivity index (χ1) is 19.9. The summed E-state index contributed by atoms with van der Waals surface area (Å²) in [5.41, 5.74) is 3.58. The lowest BCUT2D eigenvalue weighted by Gasteiger charge is -2.28. The maximum Gasteiger partial charge on any atom is 0.272 e. The molecule has 3 aromatic rings. The average molecular weight is 574 g/mol. The summed E-state index contributed by atoms with van der Waals surface area (Å²) in [7, 11) is 1.66. The number of anilines is 1. The van der Waals surface area contributed by atoms with Gasteiger partial charge < -0.3 is 20.1 Å². The highest BCUT2D eigenvalue weighted by Crippen LogP contribution is 2.30. The number of benzodiazepines with no additional fused rings is 1. The van der Waals surface area contributed by atoms with E-state index in [4.69, 9.17) is 21.3 Å². The number of fused-ring (bicyclic) bond motifs is 1. The lowest BCUT2D eigenvalue weighted by Crippen LogP contribution is -2.50. The van der Waals surface area contributed by atoms with Crippen LogP contribution in [0.3, 0.4) is 0 Å². The van der Waals surface area contributed by atoms with Gasteiger partial charge in [-0.1, -0.05) is 91.5 Å². The molecule has 5 rings (SSSR count). The zero-order valence-corrected chi connectivity index (χ0v) is 24.0. The Morgan fingerprint density at radius 2 is 1.73 bits per heavy atom. The van der Waals surface area contributed by atoms with Crippen molar-refractivity contribution in [3.8, 4) is 0 Å². The number of rotatable bonds is 9. The zero-order valence-electron chi connectivity index (χ0n) is 23.2. The van der Waals surface area contributed by atoms with Crippen molar-refractivity contribution in [1.29, 1.82) is 0 Å². The van der Waals surface area contributed by atoms with Gasteiger partial charge in [0, 0.05) is 23.2 Å². The van der Waals surface area contributed by atoms with E-state index < -0.39 is 24.1 Å². The Kier molecular flexibility index (Phi) is 9.49. The summed E-state index contributed by atoms with van der Waals surface area (Å²) in [6.45, 7) is 0.0522. The second kappa shape index (κ2) is 13.4. The number of carbonyl (C=O) groups is 2. The normalized spacial score (nSPS) is 19.1. The van der Waals surface area contributed by atoms with Crippen LogP contribution in [0.5, 0.6) is 0 Å². The van der Waals surface area contributed by atoms with E-state index in [2.05, 4.69) is 5.32 Å². The lowest BCUT2D eigenvalue weighted by molar-refractivity contribution is -0.134. The summed E-state index contributed by atoms with van der Waals surface area (Å²) in [4.78, 5) is 33.8. The standard InChI is InChI=1S/C33H36ClN3O4/c1-37-28-18-17-24(34)20-26(28)30(23-13-7-3-8-14-23)35-31(33(37)40)36-32(39)27(19-22-11-5-2-6-12-22)29(38)21-41-25-15-9-4-10-16-25/h2-3,5-8,11-14,17-18,20,25,27,29,31,38H,4,9-10,15-16,19,21H2,1H3,(H,36,39)/t27-,29-,31?/m1/s1. The van der Waals surface area contributed by atoms with Gasteiger partial charge in [-0.2, -0.15) is 0 Å². The number of halogens is 1. The molecule has 1 fully saturated rings. The van der Waals surface area contributed by atoms with Gasteiger partial charge in [0.1, 0.15) is 0 Å². The minimum atomic E-state index is -1.20. The van der Waals surface area contributed by atoms with Crippen molar-refractivity contribution in [1.82, 2.24) is 5.32 Å². The van der Waals surface area contributed by atoms with Gasteiger partial charge in [0.25, 0.3) is 5.91 Å². The second-order valence-corrected chi connectivity index (χ2v) is 11.2. The van der Waals surface area contributed by atoms with Gasteiger partial charge in [-0.05, 0) is 43.0 Å². The predicted octanol–water partition coefficient (Wildman–Crippen LogP) is 5.17. The minimum Gasteiger partial charge on any atom is -0.390 e. The molecule has 0 radical (unpaired) electrons. The summed E-state index contributed by atoms with van der Waals surface area (Å²) in [5, 5.41) is 14.6. The van der Waals surface area contributed by atoms with Gasteiger partial charge in [-0.25, -0.2) is 4.99 Å². The predicted molar refractivity (Wildman–Crippen MR) is 161 cm³/mol. The van der Waals surface area contributed by atoms with Crippen molar-refractivity contribution < 1.29 is 19.4 Å². The molecule has 3 atom stereocenters. The molecule has 2 aliphatic rings. The van der Waals surface area contributed by atoms with Crippen LogP contribution in [0.4, 0.5) is 5.69 Å². The van der Waals surface area contributed by atoms with Crippen molar-refractivity contribution in [2.45, 2.75) is 56.9 Å². The van der Waals surface area contributed by atoms with Gasteiger partial charge in [0.2, 0.25) is 12.1 Å². The molecule has 3 aromatic carbocycles. The Morgan fingerprint density at radius 1 is 1.05 bits per heavy atom. The molecular weight excluding hydrogens is 538 g/mol. The summed E-state index contributed by atoms with van der Waals surface area (Å²) < 4.78 is 6.04. The molecule has 1 unspecified atom stereocenters. The lowest BCUT2D eigenvalue weighted by atomic mass is 9.92. The second-order valence-electron chi connectivity index (χ2n) is 10.8. The molecule has 41 heavy (non-hydrogen) atoms. The Labute approximate surface area is 246 Å². The molecule has 0 bridgehead atoms. The number of benzene rings is 3. The number of nitrogens with zero attached hydrogens (tertiary/aromatic N) is 2. The Morgan fingerprint density at radius 3 is 2.44 bits per heavy atom. The Bertz CT molecular complexity index is 1380. The first-order valence-corrected chi connectivity index (χ1v) is 14.6. The summed E-state index contributed by atoms with van der Waals surface area (Å²) in [5.74, 6) is -1.69. The van der Waals surface area contributed by atoms with E-state index in [1.54, 1.807) is 25.2 Å². The van der Waals surface area contributed by atoms with Crippen LogP contribution in [-0.2, 0) is 20.7 Å². The maximum absolute atomic E-state index is 13.9. The van der Waals surface area contributed by atoms with E-state index in [9.17, 15) is 14.7 Å². The van der Waals surface area contributed by atoms with Gasteiger partial charge in [-0.15, -0.1) is 0 Å². The number of hydrogen-bond acceptors (Lipinski definition) is 5. The van der Waals surface area contributed by atoms with E-state index in [0.29, 0.717) is 28.4 Å². The molecular formula is C33H36ClN3O4. The van der Waals surface area contributed by atoms with Crippen LogP contribution < -0.4 is 10.2 Å². The number of aliphatic imine (C=N–C) groups is 1. The maximum atomic E-state index is 13.9. The molecule has 1 aliphatic heterocycles. The number of nitrogens with one attached hydrogen (secondary N) is 1. The minimum absolute atomic E-state index is 0.0522. The van der Waals surface area contributed by atoms with Crippen molar-refractivity contribution in [3.63, 3.8) is 0 Å². The monoisotopic (exact) mass is 573 g/mol. The van der Waals surface area contributed by atoms with Crippen LogP contribution in [0.2, 0.25) is 5.02 Å². The number of aliphatic hydroxyl groups excluding tert-OH is 1. The molecule has 0 spiro atoms. The molecule has 2 N–H and O–H groups in total. The first-order valence-electron chi connectivity index (χ1n) is 14.3. The quantitative estimate of drug-likeness (QED) is 0.370. The summed E-state index contributed by atoms with van der Waals surface area (Å²) in [6, 6.07) is 24.3. The highest BCUT2D eigenvalue weighted by Gasteiger charge is 2.35. The number of carbonyl (C=O) groups excluding carboxylic acids is 2. The molecule has 2 amide bonds. The fourth-order valence-electron chi connectivity index (χ4n) is 5.56. The molecule has 0 aromatic heterocycles. The van der Waals surface area contributed by atoms with Crippen molar-refractivity contribution >= 4 is 34.8 Å². The number of amides is 2. The molecule has 1 heterocycles. The third kappa shape index (κ3) is 7.04. The largest absolute Gasteiger partial charge is 0.390 e. The van der Waals surface area contributed by atoms with E-state index in [1.165, 1.54) is 11.3 Å². The van der Waals surface area contributed by atoms with Gasteiger partial charge in [0.05, 0.1) is 36.1 Å². The molecule has 1 aliphatic carbocycles. The number of aliphatic hydroxyl groups is 1. The molecule has 7 nitrogen and oxygen atoms in total. The highest BCUT2D eigenvalue weighted by atomic mass is 35.5. The molecule has 8 heteroatoms. The van der Waals surface area contributed by atoms with E-state index in [-0.39, 0.29) is 18.6 Å². The third-order valence-corrected chi connectivity index (χ3v) is 8.11. The number of likely N-dealkylation sites (N-methyl/N-ethyl adjacent to an activating group) is 1. The van der Waals surface area contributed by atoms with Crippen LogP contribution in [0.25, 0.3) is 0 Å². The Hall–Kier alpha value is -3.52. The van der Waals surface area contributed by atoms with Crippen LogP contribution in [0.15, 0.2) is 83.9 Å². The molecule has 0 saturated heterocycles. The van der Waals surface area contributed by atoms with E-state index >= 15 is 0 Å². The number of ether oxygens (including phenoxy) is 1. The molecule has 1 saturated carbocycles. The summed E-state index contributed by atoms with van der Waals surface area (Å²) >= 11 is 6.36. The van der Waals surface area contributed by atoms with Gasteiger partial charge in [-0.3, -0.25) is 9.59 Å². The van der Waals surface area contributed by atoms with Gasteiger partial charge in [0.15, 0.2) is 0 Å². The highest BCUT2D eigenvalue weighted by molar-refractivity contribution is 6.32. The first kappa shape index (κ1) is 29.0. The van der Waals surface area contributed by atoms with Crippen molar-refractivity contribution in [3.05, 3.63) is 101 Å². The van der Waals surface area contributed by atoms with Crippen LogP contribution in [0, 0.1) is 5.92 Å². The Balaban J connectivity index is 1.43. The SMILES string of the molecule is CN1C(=O)C(NC(=O)[C@H](Cc2ccccc2)[C@H](O)COC2CCCCC2)N=C(c2ccccc2)c2cc(Cl)ccc21. The van der Waals surface area contributed by atoms with Crippen LogP contribution in [-0.4, -0.2) is 54.7 Å². The van der Waals surface area contributed by atoms with Gasteiger partial charge >= 0.3 is 0 Å². The van der Waals surface area contributed by atoms with Crippen molar-refractivity contribution in [2.75, 3.05) is 18.6 Å². The smallest absolute Gasteiger partial charge is 0.272 e. The zero-order chi connectivity index (χ0) is 28.8. The number of hydrogen-bond donors (Lipinski definition) is 2. The van der Waals surface area contributed by atoms with Crippen LogP contribution in [0.1, 0.15) is 48.8 Å². The fraction of sp³-hybridized carbons (Fsp3) is 0.364. The average Bonchev–Trinajstić information content (AvgIpc) is 3.10. The van der Waals surface area contributed by atoms with Crippen molar-refractivity contribution in [2.24, 2.45) is 10.9 Å². The van der Waals surface area contributed by atoms with E-state index in [1.807, 2.05) is 60.7 Å². The fourth-order valence-corrected chi connectivity index (χ4v) is 5.73. The van der Waals surface area contributed by atoms with E-state index in [0.717, 1.165) is 36.8 Å². The molecule has 214 valence electrons. The third-order valence-electron chi connectivity index (χ3n) is 7.88. The van der Waals surface area contributed by atoms with Crippen LogP contribution >= 0.6 is 11.6 Å².